The fourth-order valence-electron chi connectivity index (χ4n) is 2.56. The summed E-state index contributed by atoms with van der Waals surface area (Å²) in [6.45, 7) is 1.42. The third-order valence-electron chi connectivity index (χ3n) is 3.81. The molecule has 2 rings (SSSR count). The van der Waals surface area contributed by atoms with Crippen molar-refractivity contribution >= 4 is 11.7 Å². The first-order chi connectivity index (χ1) is 11.6. The zero-order valence-corrected chi connectivity index (χ0v) is 14.3. The highest BCUT2D eigenvalue weighted by Crippen LogP contribution is 2.08. The highest BCUT2D eigenvalue weighted by Gasteiger charge is 2.10. The van der Waals surface area contributed by atoms with Crippen LogP contribution >= 0.6 is 0 Å². The van der Waals surface area contributed by atoms with Gasteiger partial charge in [-0.15, -0.1) is 0 Å². The van der Waals surface area contributed by atoms with Crippen LogP contribution in [0.5, 0.6) is 0 Å². The molecule has 2 aromatic carbocycles. The van der Waals surface area contributed by atoms with E-state index in [2.05, 4.69) is 25.5 Å². The van der Waals surface area contributed by atoms with Crippen LogP contribution in [0.25, 0.3) is 0 Å². The fourth-order valence-corrected chi connectivity index (χ4v) is 2.56. The summed E-state index contributed by atoms with van der Waals surface area (Å²) in [7, 11) is 4.20. The summed E-state index contributed by atoms with van der Waals surface area (Å²) in [4.78, 5) is 25.4. The molecule has 4 nitrogen and oxygen atoms in total. The summed E-state index contributed by atoms with van der Waals surface area (Å²) in [5.74, 6) is -0.0892. The van der Waals surface area contributed by atoms with Crippen LogP contribution in [0.2, 0.25) is 0 Å². The van der Waals surface area contributed by atoms with E-state index in [-0.39, 0.29) is 24.5 Å². The zero-order chi connectivity index (χ0) is 17.4. The minimum Gasteiger partial charge on any atom is -0.352 e. The van der Waals surface area contributed by atoms with Gasteiger partial charge in [0.25, 0.3) is 0 Å². The van der Waals surface area contributed by atoms with Crippen LogP contribution in [0.15, 0.2) is 54.6 Å². The summed E-state index contributed by atoms with van der Waals surface area (Å²) in [5, 5.41) is 2.92. The predicted octanol–water partition coefficient (Wildman–Crippen LogP) is 1.61. The molecule has 0 bridgehead atoms. The lowest BCUT2D eigenvalue weighted by Gasteiger charge is -2.12. The van der Waals surface area contributed by atoms with E-state index >= 15 is 0 Å². The summed E-state index contributed by atoms with van der Waals surface area (Å²) in [5.41, 5.74) is 3.02. The van der Waals surface area contributed by atoms with Gasteiger partial charge in [-0.05, 0) is 5.56 Å². The smallest absolute Gasteiger partial charge is 0.220 e. The van der Waals surface area contributed by atoms with Crippen LogP contribution in [-0.4, -0.2) is 25.8 Å². The molecule has 2 N–H and O–H groups in total. The van der Waals surface area contributed by atoms with E-state index in [1.54, 1.807) is 12.1 Å². The van der Waals surface area contributed by atoms with Crippen molar-refractivity contribution in [3.05, 3.63) is 71.3 Å². The SMILES string of the molecule is C[NH+](C)Cc1ccccc1CNC(=O)CCC(=O)c1ccccc1. The van der Waals surface area contributed by atoms with Crippen molar-refractivity contribution in [3.8, 4) is 0 Å². The number of nitrogens with one attached hydrogen (secondary N) is 2. The van der Waals surface area contributed by atoms with Crippen molar-refractivity contribution in [1.29, 1.82) is 0 Å². The number of rotatable bonds is 8. The molecule has 1 amide bonds. The molecule has 0 saturated heterocycles. The van der Waals surface area contributed by atoms with Gasteiger partial charge in [0.05, 0.1) is 14.1 Å². The molecule has 0 radical (unpaired) electrons. The molecule has 0 aliphatic carbocycles. The van der Waals surface area contributed by atoms with Crippen molar-refractivity contribution in [2.75, 3.05) is 14.1 Å². The van der Waals surface area contributed by atoms with E-state index in [4.69, 9.17) is 0 Å². The fraction of sp³-hybridized carbons (Fsp3) is 0.300. The number of amides is 1. The summed E-state index contributed by atoms with van der Waals surface area (Å²) < 4.78 is 0. The Morgan fingerprint density at radius 3 is 2.17 bits per heavy atom. The number of hydrogen-bond acceptors (Lipinski definition) is 2. The molecule has 4 heteroatoms. The Kier molecular flexibility index (Phi) is 6.70. The Morgan fingerprint density at radius 2 is 1.50 bits per heavy atom. The Hall–Kier alpha value is -2.46. The molecule has 0 unspecified atom stereocenters. The van der Waals surface area contributed by atoms with Crippen LogP contribution in [0, 0.1) is 0 Å². The molecule has 0 fully saturated rings. The van der Waals surface area contributed by atoms with Crippen molar-refractivity contribution in [2.24, 2.45) is 0 Å². The number of quaternary nitrogens is 1. The topological polar surface area (TPSA) is 50.6 Å². The van der Waals surface area contributed by atoms with Crippen LogP contribution in [0.3, 0.4) is 0 Å². The number of carbonyl (C=O) groups excluding carboxylic acids is 2. The lowest BCUT2D eigenvalue weighted by atomic mass is 10.1. The molecule has 0 spiro atoms. The maximum Gasteiger partial charge on any atom is 0.220 e. The summed E-state index contributed by atoms with van der Waals surface area (Å²) in [6.07, 6.45) is 0.453. The van der Waals surface area contributed by atoms with E-state index < -0.39 is 0 Å². The number of hydrogen-bond donors (Lipinski definition) is 2. The monoisotopic (exact) mass is 325 g/mol. The average molecular weight is 325 g/mol. The first kappa shape index (κ1) is 17.9. The Labute approximate surface area is 143 Å². The molecular weight excluding hydrogens is 300 g/mol. The lowest BCUT2D eigenvalue weighted by Crippen LogP contribution is -3.04. The van der Waals surface area contributed by atoms with Crippen molar-refractivity contribution in [3.63, 3.8) is 0 Å². The Morgan fingerprint density at radius 1 is 0.875 bits per heavy atom. The minimum atomic E-state index is -0.0914. The second kappa shape index (κ2) is 8.99. The van der Waals surface area contributed by atoms with Crippen LogP contribution in [-0.2, 0) is 17.9 Å². The van der Waals surface area contributed by atoms with Gasteiger partial charge >= 0.3 is 0 Å². The Bertz CT molecular complexity index is 681. The maximum absolute atomic E-state index is 12.0. The normalized spacial score (nSPS) is 10.6. The van der Waals surface area contributed by atoms with Crippen LogP contribution in [0.1, 0.15) is 34.3 Å². The second-order valence-electron chi connectivity index (χ2n) is 6.22. The molecule has 0 heterocycles. The number of Topliss-reactive ketones (excluding diaryl/α,β-unsaturated/α-hetero) is 1. The highest BCUT2D eigenvalue weighted by atomic mass is 16.2. The molecule has 0 aliphatic rings. The van der Waals surface area contributed by atoms with Gasteiger partial charge in [-0.3, -0.25) is 9.59 Å². The second-order valence-corrected chi connectivity index (χ2v) is 6.22. The van der Waals surface area contributed by atoms with Crippen molar-refractivity contribution in [2.45, 2.75) is 25.9 Å². The molecule has 0 aromatic heterocycles. The van der Waals surface area contributed by atoms with E-state index in [0.717, 1.165) is 12.1 Å². The lowest BCUT2D eigenvalue weighted by molar-refractivity contribution is -0.872. The van der Waals surface area contributed by atoms with E-state index in [9.17, 15) is 9.59 Å². The molecule has 0 aliphatic heterocycles. The minimum absolute atomic E-state index is 0.00218. The van der Waals surface area contributed by atoms with Gasteiger partial charge in [0.1, 0.15) is 6.54 Å². The van der Waals surface area contributed by atoms with Crippen molar-refractivity contribution in [1.82, 2.24) is 5.32 Å². The molecular formula is C20H25N2O2+. The van der Waals surface area contributed by atoms with Gasteiger partial charge in [-0.25, -0.2) is 0 Å². The molecule has 24 heavy (non-hydrogen) atoms. The molecule has 126 valence electrons. The largest absolute Gasteiger partial charge is 0.352 e. The molecule has 2 aromatic rings. The van der Waals surface area contributed by atoms with Gasteiger partial charge in [0.2, 0.25) is 5.91 Å². The van der Waals surface area contributed by atoms with E-state index in [1.165, 1.54) is 10.5 Å². The third kappa shape index (κ3) is 5.63. The maximum atomic E-state index is 12.0. The van der Waals surface area contributed by atoms with E-state index in [1.807, 2.05) is 36.4 Å². The predicted molar refractivity (Wildman–Crippen MR) is 94.8 cm³/mol. The first-order valence-electron chi connectivity index (χ1n) is 8.27. The first-order valence-corrected chi connectivity index (χ1v) is 8.27. The van der Waals surface area contributed by atoms with Gasteiger partial charge < -0.3 is 10.2 Å². The molecule has 0 atom stereocenters. The van der Waals surface area contributed by atoms with Crippen LogP contribution < -0.4 is 10.2 Å². The third-order valence-corrected chi connectivity index (χ3v) is 3.81. The van der Waals surface area contributed by atoms with Crippen molar-refractivity contribution < 1.29 is 14.5 Å². The van der Waals surface area contributed by atoms with Gasteiger partial charge in [0, 0.05) is 30.5 Å². The zero-order valence-electron chi connectivity index (χ0n) is 14.3. The number of benzene rings is 2. The number of ketones is 1. The molecule has 0 saturated carbocycles. The standard InChI is InChI=1S/C20H24N2O2/c1-22(2)15-18-11-7-6-10-17(18)14-21-20(24)13-12-19(23)16-8-4-3-5-9-16/h3-11H,12-15H2,1-2H3,(H,21,24)/p+1. The van der Waals surface area contributed by atoms with Gasteiger partial charge in [0.15, 0.2) is 5.78 Å². The van der Waals surface area contributed by atoms with Crippen LogP contribution in [0.4, 0.5) is 0 Å². The summed E-state index contributed by atoms with van der Waals surface area (Å²) in [6, 6.07) is 17.2. The number of carbonyl (C=O) groups is 2. The highest BCUT2D eigenvalue weighted by molar-refractivity contribution is 5.97. The Balaban J connectivity index is 1.82. The average Bonchev–Trinajstić information content (AvgIpc) is 2.59. The van der Waals surface area contributed by atoms with E-state index in [0.29, 0.717) is 12.1 Å². The quantitative estimate of drug-likeness (QED) is 0.725. The van der Waals surface area contributed by atoms with Gasteiger partial charge in [-0.1, -0.05) is 54.6 Å². The summed E-state index contributed by atoms with van der Waals surface area (Å²) >= 11 is 0. The van der Waals surface area contributed by atoms with Gasteiger partial charge in [-0.2, -0.15) is 0 Å².